The summed E-state index contributed by atoms with van der Waals surface area (Å²) in [5.74, 6) is 0. The number of fused-ring (bicyclic) bond motifs is 7. The van der Waals surface area contributed by atoms with Gasteiger partial charge in [0, 0.05) is 31.3 Å². The lowest BCUT2D eigenvalue weighted by atomic mass is 9.55. The molecule has 0 fully saturated rings. The fraction of sp³-hybridized carbons (Fsp3) is 0.120. The maximum absolute atomic E-state index is 5.35. The summed E-state index contributed by atoms with van der Waals surface area (Å²) >= 11 is 1.84. The van der Waals surface area contributed by atoms with Gasteiger partial charge >= 0.3 is 0 Å². The fourth-order valence-electron chi connectivity index (χ4n) is 8.39. The van der Waals surface area contributed by atoms with Crippen LogP contribution in [0.5, 0.6) is 0 Å². The van der Waals surface area contributed by atoms with Gasteiger partial charge in [-0.25, -0.2) is 9.97 Å². The standard InChI is InChI=1S/C50H38N2S/c1-49(2)41-26-23-34(33-16-12-15-32(27-33)31-13-6-5-7-14-31)28-40(41)37-24-21-35(29-42(37)50(49,3)4)47-48(52-44-19-10-9-18-43(44)51-47)36-22-25-39-38-17-8-11-20-45(38)53-46(39)30-36/h5-30H,1-4H3. The monoisotopic (exact) mass is 698 g/mol. The number of benzene rings is 7. The average Bonchev–Trinajstić information content (AvgIpc) is 3.58. The second kappa shape index (κ2) is 11.8. The molecule has 7 aromatic carbocycles. The Morgan fingerprint density at radius 3 is 1.72 bits per heavy atom. The van der Waals surface area contributed by atoms with Crippen LogP contribution in [0.4, 0.5) is 0 Å². The van der Waals surface area contributed by atoms with E-state index in [4.69, 9.17) is 9.97 Å². The molecule has 2 aromatic heterocycles. The van der Waals surface area contributed by atoms with Gasteiger partial charge in [-0.05, 0) is 97.8 Å². The first-order chi connectivity index (χ1) is 25.8. The van der Waals surface area contributed by atoms with Crippen LogP contribution in [0.2, 0.25) is 0 Å². The van der Waals surface area contributed by atoms with E-state index < -0.39 is 0 Å². The molecule has 0 unspecified atom stereocenters. The van der Waals surface area contributed by atoms with Crippen LogP contribution < -0.4 is 0 Å². The van der Waals surface area contributed by atoms with Crippen molar-refractivity contribution >= 4 is 42.5 Å². The molecule has 0 amide bonds. The second-order valence-electron chi connectivity index (χ2n) is 15.4. The summed E-state index contributed by atoms with van der Waals surface area (Å²) in [6, 6.07) is 57.3. The van der Waals surface area contributed by atoms with Crippen molar-refractivity contribution in [3.8, 4) is 55.9 Å². The van der Waals surface area contributed by atoms with Gasteiger partial charge in [-0.2, -0.15) is 0 Å². The Morgan fingerprint density at radius 1 is 0.377 bits per heavy atom. The van der Waals surface area contributed by atoms with Crippen molar-refractivity contribution in [2.24, 2.45) is 0 Å². The van der Waals surface area contributed by atoms with E-state index in [1.807, 2.05) is 23.5 Å². The molecule has 0 saturated heterocycles. The normalized spacial score (nSPS) is 14.3. The van der Waals surface area contributed by atoms with Crippen molar-refractivity contribution < 1.29 is 0 Å². The molecule has 2 heterocycles. The predicted molar refractivity (Wildman–Crippen MR) is 226 cm³/mol. The highest BCUT2D eigenvalue weighted by Crippen LogP contribution is 2.55. The van der Waals surface area contributed by atoms with Gasteiger partial charge in [-0.1, -0.05) is 143 Å². The molecule has 0 saturated carbocycles. The first kappa shape index (κ1) is 31.8. The minimum Gasteiger partial charge on any atom is -0.244 e. The van der Waals surface area contributed by atoms with E-state index in [9.17, 15) is 0 Å². The van der Waals surface area contributed by atoms with E-state index >= 15 is 0 Å². The van der Waals surface area contributed by atoms with Crippen LogP contribution >= 0.6 is 11.3 Å². The van der Waals surface area contributed by atoms with Crippen LogP contribution in [0.1, 0.15) is 38.8 Å². The molecular weight excluding hydrogens is 661 g/mol. The molecule has 9 aromatic rings. The quantitative estimate of drug-likeness (QED) is 0.183. The van der Waals surface area contributed by atoms with E-state index in [1.165, 1.54) is 64.7 Å². The number of nitrogens with zero attached hydrogens (tertiary/aromatic N) is 2. The molecule has 10 rings (SSSR count). The zero-order valence-electron chi connectivity index (χ0n) is 30.3. The van der Waals surface area contributed by atoms with Gasteiger partial charge in [0.2, 0.25) is 0 Å². The lowest BCUT2D eigenvalue weighted by Gasteiger charge is -2.48. The van der Waals surface area contributed by atoms with E-state index in [-0.39, 0.29) is 10.8 Å². The van der Waals surface area contributed by atoms with Gasteiger partial charge in [0.1, 0.15) is 0 Å². The van der Waals surface area contributed by atoms with Gasteiger partial charge in [0.05, 0.1) is 22.4 Å². The highest BCUT2D eigenvalue weighted by molar-refractivity contribution is 7.25. The van der Waals surface area contributed by atoms with Crippen molar-refractivity contribution in [1.29, 1.82) is 0 Å². The van der Waals surface area contributed by atoms with Crippen molar-refractivity contribution in [3.05, 3.63) is 169 Å². The maximum Gasteiger partial charge on any atom is 0.0973 e. The third kappa shape index (κ3) is 4.99. The summed E-state index contributed by atoms with van der Waals surface area (Å²) in [5.41, 5.74) is 15.8. The molecule has 53 heavy (non-hydrogen) atoms. The fourth-order valence-corrected chi connectivity index (χ4v) is 9.54. The van der Waals surface area contributed by atoms with Crippen LogP contribution in [0.15, 0.2) is 158 Å². The first-order valence-electron chi connectivity index (χ1n) is 18.4. The minimum atomic E-state index is -0.152. The molecule has 1 aliphatic rings. The van der Waals surface area contributed by atoms with Gasteiger partial charge < -0.3 is 0 Å². The van der Waals surface area contributed by atoms with E-state index in [1.54, 1.807) is 0 Å². The molecule has 0 atom stereocenters. The molecule has 254 valence electrons. The number of hydrogen-bond acceptors (Lipinski definition) is 3. The van der Waals surface area contributed by atoms with Crippen LogP contribution in [-0.4, -0.2) is 9.97 Å². The van der Waals surface area contributed by atoms with Crippen LogP contribution in [0, 0.1) is 0 Å². The molecule has 0 radical (unpaired) electrons. The molecule has 0 spiro atoms. The Morgan fingerprint density at radius 2 is 0.943 bits per heavy atom. The number of para-hydroxylation sites is 2. The molecule has 2 nitrogen and oxygen atoms in total. The molecular formula is C50H38N2S. The Labute approximate surface area is 314 Å². The summed E-state index contributed by atoms with van der Waals surface area (Å²) in [6.07, 6.45) is 0. The van der Waals surface area contributed by atoms with Crippen molar-refractivity contribution in [2.45, 2.75) is 38.5 Å². The van der Waals surface area contributed by atoms with E-state index in [0.29, 0.717) is 0 Å². The highest BCUT2D eigenvalue weighted by atomic mass is 32.1. The van der Waals surface area contributed by atoms with Gasteiger partial charge in [0.25, 0.3) is 0 Å². The molecule has 0 N–H and O–H groups in total. The SMILES string of the molecule is CC1(C)c2ccc(-c3cccc(-c4ccccc4)c3)cc2-c2ccc(-c3nc4ccccc4nc3-c3ccc4c(c3)sc3ccccc34)cc2C1(C)C. The summed E-state index contributed by atoms with van der Waals surface area (Å²) in [4.78, 5) is 10.7. The first-order valence-corrected chi connectivity index (χ1v) is 19.2. The lowest BCUT2D eigenvalue weighted by molar-refractivity contribution is 0.299. The number of aromatic nitrogens is 2. The molecule has 0 aliphatic heterocycles. The average molecular weight is 699 g/mol. The molecule has 1 aliphatic carbocycles. The molecule has 3 heteroatoms. The Bertz CT molecular complexity index is 2900. The summed E-state index contributed by atoms with van der Waals surface area (Å²) in [5, 5.41) is 2.59. The van der Waals surface area contributed by atoms with Crippen LogP contribution in [0.25, 0.3) is 87.1 Å². The lowest BCUT2D eigenvalue weighted by Crippen LogP contribution is -2.43. The van der Waals surface area contributed by atoms with Crippen molar-refractivity contribution in [3.63, 3.8) is 0 Å². The third-order valence-corrected chi connectivity index (χ3v) is 13.2. The number of hydrogen-bond donors (Lipinski definition) is 0. The van der Waals surface area contributed by atoms with Crippen LogP contribution in [-0.2, 0) is 10.8 Å². The smallest absolute Gasteiger partial charge is 0.0973 e. The largest absolute Gasteiger partial charge is 0.244 e. The summed E-state index contributed by atoms with van der Waals surface area (Å²) < 4.78 is 2.57. The molecule has 0 bridgehead atoms. The summed E-state index contributed by atoms with van der Waals surface area (Å²) in [7, 11) is 0. The Balaban J connectivity index is 1.14. The van der Waals surface area contributed by atoms with Gasteiger partial charge in [-0.15, -0.1) is 11.3 Å². The Hall–Kier alpha value is -5.90. The second-order valence-corrected chi connectivity index (χ2v) is 16.5. The zero-order chi connectivity index (χ0) is 35.9. The summed E-state index contributed by atoms with van der Waals surface area (Å²) in [6.45, 7) is 9.60. The van der Waals surface area contributed by atoms with Gasteiger partial charge in [-0.3, -0.25) is 0 Å². The topological polar surface area (TPSA) is 25.8 Å². The minimum absolute atomic E-state index is 0.123. The van der Waals surface area contributed by atoms with Crippen LogP contribution in [0.3, 0.4) is 0 Å². The maximum atomic E-state index is 5.35. The highest BCUT2D eigenvalue weighted by Gasteiger charge is 2.46. The van der Waals surface area contributed by atoms with Gasteiger partial charge in [0.15, 0.2) is 0 Å². The van der Waals surface area contributed by atoms with Crippen molar-refractivity contribution in [1.82, 2.24) is 9.97 Å². The Kier molecular flexibility index (Phi) is 7.09. The third-order valence-electron chi connectivity index (χ3n) is 12.0. The van der Waals surface area contributed by atoms with E-state index in [2.05, 4.69) is 173 Å². The number of rotatable bonds is 4. The zero-order valence-corrected chi connectivity index (χ0v) is 31.1. The van der Waals surface area contributed by atoms with E-state index in [0.717, 1.165) is 33.5 Å². The van der Waals surface area contributed by atoms with Crippen molar-refractivity contribution in [2.75, 3.05) is 0 Å². The number of thiophene rings is 1. The predicted octanol–water partition coefficient (Wildman–Crippen LogP) is 13.9.